The van der Waals surface area contributed by atoms with E-state index in [2.05, 4.69) is 58.9 Å². The summed E-state index contributed by atoms with van der Waals surface area (Å²) in [7, 11) is 0. The molecule has 1 saturated carbocycles. The van der Waals surface area contributed by atoms with E-state index in [-0.39, 0.29) is 5.38 Å². The molecule has 1 fully saturated rings. The molecule has 1 aliphatic carbocycles. The lowest BCUT2D eigenvalue weighted by atomic mass is 9.74. The Labute approximate surface area is 104 Å². The first kappa shape index (κ1) is 13.3. The average molecular weight is 237 g/mol. The topological polar surface area (TPSA) is 0 Å². The second-order valence-electron chi connectivity index (χ2n) is 4.06. The molecule has 0 heterocycles. The third-order valence-corrected chi connectivity index (χ3v) is 3.89. The highest BCUT2D eigenvalue weighted by molar-refractivity contribution is 6.25. The fraction of sp³-hybridized carbons (Fsp3) is 0.467. The number of hydrogen-bond donors (Lipinski definition) is 0. The van der Waals surface area contributed by atoms with E-state index >= 15 is 0 Å². The van der Waals surface area contributed by atoms with Gasteiger partial charge in [-0.15, -0.1) is 11.6 Å². The molecule has 0 aromatic carbocycles. The molecule has 2 unspecified atom stereocenters. The fourth-order valence-corrected chi connectivity index (χ4v) is 3.11. The van der Waals surface area contributed by atoms with Crippen LogP contribution >= 0.6 is 11.6 Å². The van der Waals surface area contributed by atoms with Crippen molar-refractivity contribution in [2.75, 3.05) is 0 Å². The lowest BCUT2D eigenvalue weighted by Gasteiger charge is -2.34. The first-order chi connectivity index (χ1) is 7.62. The Morgan fingerprint density at radius 1 is 0.875 bits per heavy atom. The summed E-state index contributed by atoms with van der Waals surface area (Å²) >= 11 is 6.53. The van der Waals surface area contributed by atoms with Crippen molar-refractivity contribution in [1.82, 2.24) is 0 Å². The predicted octanol–water partition coefficient (Wildman–Crippen LogP) is 5.03. The average Bonchev–Trinajstić information content (AvgIpc) is 2.29. The van der Waals surface area contributed by atoms with Crippen molar-refractivity contribution in [1.29, 1.82) is 0 Å². The second-order valence-corrected chi connectivity index (χ2v) is 4.50. The maximum atomic E-state index is 6.53. The quantitative estimate of drug-likeness (QED) is 0.409. The largest absolute Gasteiger partial charge is 0.113 e. The van der Waals surface area contributed by atoms with Gasteiger partial charge >= 0.3 is 0 Å². The van der Waals surface area contributed by atoms with Gasteiger partial charge in [0.15, 0.2) is 0 Å². The van der Waals surface area contributed by atoms with Crippen LogP contribution in [0.4, 0.5) is 0 Å². The van der Waals surface area contributed by atoms with E-state index < -0.39 is 0 Å². The van der Waals surface area contributed by atoms with Crippen LogP contribution in [-0.2, 0) is 0 Å². The number of halogens is 1. The van der Waals surface area contributed by atoms with Crippen LogP contribution in [0.25, 0.3) is 0 Å². The molecule has 0 aromatic heterocycles. The lowest BCUT2D eigenvalue weighted by Crippen LogP contribution is -2.24. The summed E-state index contributed by atoms with van der Waals surface area (Å²) in [5, 5.41) is 0.0277. The lowest BCUT2D eigenvalue weighted by molar-refractivity contribution is 0.742. The minimum absolute atomic E-state index is 0.0277. The van der Waals surface area contributed by atoms with Crippen molar-refractivity contribution < 1.29 is 0 Å². The summed E-state index contributed by atoms with van der Waals surface area (Å²) in [6.07, 6.45) is 8.66. The monoisotopic (exact) mass is 236 g/mol. The highest BCUT2D eigenvalue weighted by Gasteiger charge is 2.32. The number of alkyl halides is 1. The van der Waals surface area contributed by atoms with Gasteiger partial charge in [0.2, 0.25) is 0 Å². The first-order valence-electron chi connectivity index (χ1n) is 5.91. The van der Waals surface area contributed by atoms with E-state index in [1.54, 1.807) is 0 Å². The number of allylic oxidation sites excluding steroid dienone is 8. The Kier molecular flexibility index (Phi) is 4.61. The Hall–Kier alpha value is -0.750. The van der Waals surface area contributed by atoms with Crippen LogP contribution in [0.15, 0.2) is 46.6 Å². The minimum atomic E-state index is 0.0277. The summed E-state index contributed by atoms with van der Waals surface area (Å²) in [6, 6.07) is 0. The van der Waals surface area contributed by atoms with Crippen molar-refractivity contribution in [3.63, 3.8) is 0 Å². The second kappa shape index (κ2) is 5.54. The van der Waals surface area contributed by atoms with Crippen LogP contribution in [-0.4, -0.2) is 5.38 Å². The van der Waals surface area contributed by atoms with Gasteiger partial charge in [0.25, 0.3) is 0 Å². The Morgan fingerprint density at radius 2 is 1.44 bits per heavy atom. The standard InChI is InChI=1S/C15H21Cl/c1-6-11-10(5)12(7-2)15(16)14(9-4)13(11)8-3/h6-10,15H,1-5H3. The molecule has 1 aliphatic rings. The van der Waals surface area contributed by atoms with Crippen molar-refractivity contribution in [2.45, 2.75) is 40.0 Å². The van der Waals surface area contributed by atoms with E-state index in [0.717, 1.165) is 0 Å². The van der Waals surface area contributed by atoms with Crippen LogP contribution < -0.4 is 0 Å². The predicted molar refractivity (Wildman–Crippen MR) is 73.8 cm³/mol. The molecule has 16 heavy (non-hydrogen) atoms. The molecule has 0 saturated heterocycles. The summed E-state index contributed by atoms with van der Waals surface area (Å²) in [6.45, 7) is 10.5. The Bertz CT molecular complexity index is 350. The van der Waals surface area contributed by atoms with Crippen molar-refractivity contribution in [2.24, 2.45) is 5.92 Å². The third-order valence-electron chi connectivity index (χ3n) is 3.40. The van der Waals surface area contributed by atoms with E-state index in [9.17, 15) is 0 Å². The number of hydrogen-bond acceptors (Lipinski definition) is 0. The van der Waals surface area contributed by atoms with E-state index in [1.807, 2.05) is 0 Å². The molecule has 0 aliphatic heterocycles. The van der Waals surface area contributed by atoms with E-state index in [0.29, 0.717) is 5.92 Å². The molecule has 2 atom stereocenters. The molecular weight excluding hydrogens is 216 g/mol. The normalized spacial score (nSPS) is 36.6. The highest BCUT2D eigenvalue weighted by atomic mass is 35.5. The molecule has 0 bridgehead atoms. The molecule has 1 rings (SSSR count). The van der Waals surface area contributed by atoms with Gasteiger partial charge in [-0.25, -0.2) is 0 Å². The van der Waals surface area contributed by atoms with Crippen LogP contribution in [0.3, 0.4) is 0 Å². The fourth-order valence-electron chi connectivity index (χ4n) is 2.55. The highest BCUT2D eigenvalue weighted by Crippen LogP contribution is 2.43. The Balaban J connectivity index is 3.38. The van der Waals surface area contributed by atoms with Crippen molar-refractivity contribution in [3.8, 4) is 0 Å². The summed E-state index contributed by atoms with van der Waals surface area (Å²) in [5.74, 6) is 0.424. The summed E-state index contributed by atoms with van der Waals surface area (Å²) in [4.78, 5) is 0. The molecule has 0 nitrogen and oxygen atoms in total. The van der Waals surface area contributed by atoms with Gasteiger partial charge in [0.05, 0.1) is 5.38 Å². The molecule has 0 aromatic rings. The van der Waals surface area contributed by atoms with Crippen molar-refractivity contribution >= 4 is 11.6 Å². The molecule has 0 radical (unpaired) electrons. The van der Waals surface area contributed by atoms with Gasteiger partial charge in [0, 0.05) is 5.92 Å². The van der Waals surface area contributed by atoms with Gasteiger partial charge in [-0.05, 0) is 50.0 Å². The number of rotatable bonds is 0. The maximum Gasteiger partial charge on any atom is 0.0803 e. The van der Waals surface area contributed by atoms with Gasteiger partial charge in [-0.1, -0.05) is 31.2 Å². The third kappa shape index (κ3) is 2.04. The van der Waals surface area contributed by atoms with Crippen molar-refractivity contribution in [3.05, 3.63) is 46.6 Å². The van der Waals surface area contributed by atoms with Gasteiger partial charge in [0.1, 0.15) is 0 Å². The van der Waals surface area contributed by atoms with Crippen LogP contribution in [0.2, 0.25) is 0 Å². The smallest absolute Gasteiger partial charge is 0.0803 e. The minimum Gasteiger partial charge on any atom is -0.113 e. The van der Waals surface area contributed by atoms with E-state index in [1.165, 1.54) is 22.3 Å². The summed E-state index contributed by atoms with van der Waals surface area (Å²) in [5.41, 5.74) is 5.25. The molecule has 1 heteroatoms. The SMILES string of the molecule is CC=C1C(=CC)C(C)C(=CC)C(Cl)C1=CC. The van der Waals surface area contributed by atoms with Gasteiger partial charge < -0.3 is 0 Å². The van der Waals surface area contributed by atoms with Gasteiger partial charge in [-0.3, -0.25) is 0 Å². The zero-order chi connectivity index (χ0) is 12.3. The Morgan fingerprint density at radius 3 is 1.81 bits per heavy atom. The van der Waals surface area contributed by atoms with Gasteiger partial charge in [-0.2, -0.15) is 0 Å². The zero-order valence-corrected chi connectivity index (χ0v) is 11.6. The first-order valence-corrected chi connectivity index (χ1v) is 6.35. The zero-order valence-electron chi connectivity index (χ0n) is 10.8. The van der Waals surface area contributed by atoms with Crippen LogP contribution in [0, 0.1) is 5.92 Å². The van der Waals surface area contributed by atoms with E-state index in [4.69, 9.17) is 11.6 Å². The van der Waals surface area contributed by atoms with Crippen LogP contribution in [0.5, 0.6) is 0 Å². The molecule has 0 spiro atoms. The molecule has 0 N–H and O–H groups in total. The molecular formula is C15H21Cl. The van der Waals surface area contributed by atoms with Crippen LogP contribution in [0.1, 0.15) is 34.6 Å². The molecule has 88 valence electrons. The summed E-state index contributed by atoms with van der Waals surface area (Å²) < 4.78 is 0. The maximum absolute atomic E-state index is 6.53. The molecule has 0 amide bonds.